The Morgan fingerprint density at radius 3 is 2.78 bits per heavy atom. The van der Waals surface area contributed by atoms with Crippen molar-refractivity contribution in [3.63, 3.8) is 0 Å². The van der Waals surface area contributed by atoms with Gasteiger partial charge < -0.3 is 9.67 Å². The van der Waals surface area contributed by atoms with Crippen LogP contribution >= 0.6 is 23.1 Å². The molecule has 0 aliphatic heterocycles. The molecule has 0 aliphatic rings. The second-order valence-electron chi connectivity index (χ2n) is 4.84. The number of benzene rings is 1. The van der Waals surface area contributed by atoms with E-state index < -0.39 is 17.7 Å². The molecule has 1 atom stereocenters. The van der Waals surface area contributed by atoms with Gasteiger partial charge in [-0.1, -0.05) is 23.9 Å². The number of aromatic nitrogens is 3. The van der Waals surface area contributed by atoms with Crippen LogP contribution in [0.5, 0.6) is 0 Å². The van der Waals surface area contributed by atoms with Crippen LogP contribution in [0, 0.1) is 11.6 Å². The molecule has 23 heavy (non-hydrogen) atoms. The number of rotatable bonds is 5. The Labute approximate surface area is 139 Å². The van der Waals surface area contributed by atoms with Crippen molar-refractivity contribution in [1.82, 2.24) is 14.8 Å². The number of hydrogen-bond donors (Lipinski definition) is 1. The van der Waals surface area contributed by atoms with Gasteiger partial charge in [0.25, 0.3) is 0 Å². The number of nitrogens with zero attached hydrogens (tertiary/aromatic N) is 3. The third-order valence-corrected chi connectivity index (χ3v) is 5.24. The van der Waals surface area contributed by atoms with E-state index in [2.05, 4.69) is 10.2 Å². The highest BCUT2D eigenvalue weighted by Crippen LogP contribution is 2.28. The van der Waals surface area contributed by atoms with Gasteiger partial charge in [-0.15, -0.1) is 21.5 Å². The van der Waals surface area contributed by atoms with Gasteiger partial charge in [0.2, 0.25) is 0 Å². The van der Waals surface area contributed by atoms with Crippen molar-refractivity contribution in [1.29, 1.82) is 0 Å². The maximum Gasteiger partial charge on any atom is 0.191 e. The molecule has 4 nitrogen and oxygen atoms in total. The van der Waals surface area contributed by atoms with Crippen molar-refractivity contribution in [2.45, 2.75) is 11.3 Å². The molecule has 0 radical (unpaired) electrons. The third kappa shape index (κ3) is 3.44. The summed E-state index contributed by atoms with van der Waals surface area (Å²) in [5.41, 5.74) is 0.331. The number of hydrogen-bond acceptors (Lipinski definition) is 5. The monoisotopic (exact) mass is 353 g/mol. The van der Waals surface area contributed by atoms with Gasteiger partial charge in [0.05, 0.1) is 11.0 Å². The van der Waals surface area contributed by atoms with Crippen LogP contribution < -0.4 is 0 Å². The quantitative estimate of drug-likeness (QED) is 0.712. The maximum absolute atomic E-state index is 13.2. The normalized spacial score (nSPS) is 12.5. The SMILES string of the molecule is Cn1c(SC[C@@H](O)c2ccc(F)c(F)c2)nnc1-c1cccs1. The molecular weight excluding hydrogens is 340 g/mol. The topological polar surface area (TPSA) is 50.9 Å². The summed E-state index contributed by atoms with van der Waals surface area (Å²) in [4.78, 5) is 1.01. The molecule has 120 valence electrons. The van der Waals surface area contributed by atoms with Gasteiger partial charge in [-0.2, -0.15) is 0 Å². The number of aliphatic hydroxyl groups excluding tert-OH is 1. The van der Waals surface area contributed by atoms with Crippen LogP contribution in [0.15, 0.2) is 40.9 Å². The highest BCUT2D eigenvalue weighted by atomic mass is 32.2. The van der Waals surface area contributed by atoms with Gasteiger partial charge in [0.15, 0.2) is 22.6 Å². The smallest absolute Gasteiger partial charge is 0.191 e. The number of aliphatic hydroxyl groups is 1. The lowest BCUT2D eigenvalue weighted by Crippen LogP contribution is -2.03. The van der Waals surface area contributed by atoms with E-state index in [-0.39, 0.29) is 5.75 Å². The van der Waals surface area contributed by atoms with E-state index in [1.807, 2.05) is 29.1 Å². The summed E-state index contributed by atoms with van der Waals surface area (Å²) in [5, 5.41) is 21.0. The average Bonchev–Trinajstić information content (AvgIpc) is 3.17. The van der Waals surface area contributed by atoms with Crippen molar-refractivity contribution in [3.8, 4) is 10.7 Å². The third-order valence-electron chi connectivity index (χ3n) is 3.28. The van der Waals surface area contributed by atoms with Crippen molar-refractivity contribution in [3.05, 3.63) is 52.9 Å². The number of thioether (sulfide) groups is 1. The van der Waals surface area contributed by atoms with E-state index >= 15 is 0 Å². The molecule has 0 saturated heterocycles. The van der Waals surface area contributed by atoms with Crippen molar-refractivity contribution in [2.75, 3.05) is 5.75 Å². The molecule has 8 heteroatoms. The van der Waals surface area contributed by atoms with Gasteiger partial charge >= 0.3 is 0 Å². The highest BCUT2D eigenvalue weighted by molar-refractivity contribution is 7.99. The molecule has 1 aromatic carbocycles. The van der Waals surface area contributed by atoms with Crippen LogP contribution in [0.25, 0.3) is 10.7 Å². The second kappa shape index (κ2) is 6.77. The zero-order valence-electron chi connectivity index (χ0n) is 12.1. The molecule has 0 unspecified atom stereocenters. The molecule has 0 aliphatic carbocycles. The van der Waals surface area contributed by atoms with E-state index in [1.165, 1.54) is 17.8 Å². The predicted octanol–water partition coefficient (Wildman–Crippen LogP) is 3.65. The average molecular weight is 353 g/mol. The molecule has 1 N–H and O–H groups in total. The van der Waals surface area contributed by atoms with Crippen LogP contribution in [0.3, 0.4) is 0 Å². The Bertz CT molecular complexity index is 805. The molecule has 0 spiro atoms. The Morgan fingerprint density at radius 1 is 1.26 bits per heavy atom. The minimum atomic E-state index is -0.967. The van der Waals surface area contributed by atoms with E-state index in [4.69, 9.17) is 0 Å². The van der Waals surface area contributed by atoms with E-state index in [0.717, 1.165) is 22.8 Å². The minimum absolute atomic E-state index is 0.265. The second-order valence-corrected chi connectivity index (χ2v) is 6.78. The summed E-state index contributed by atoms with van der Waals surface area (Å²) in [5.74, 6) is -0.876. The summed E-state index contributed by atoms with van der Waals surface area (Å²) in [6.45, 7) is 0. The van der Waals surface area contributed by atoms with Crippen LogP contribution in [0.4, 0.5) is 8.78 Å². The highest BCUT2D eigenvalue weighted by Gasteiger charge is 2.15. The Balaban J connectivity index is 1.70. The van der Waals surface area contributed by atoms with Crippen LogP contribution in [0.2, 0.25) is 0 Å². The van der Waals surface area contributed by atoms with Crippen LogP contribution in [-0.2, 0) is 7.05 Å². The molecule has 0 amide bonds. The fraction of sp³-hybridized carbons (Fsp3) is 0.200. The van der Waals surface area contributed by atoms with Gasteiger partial charge in [-0.05, 0) is 29.1 Å². The fourth-order valence-electron chi connectivity index (χ4n) is 2.03. The molecule has 0 fully saturated rings. The molecular formula is C15H13F2N3OS2. The zero-order chi connectivity index (χ0) is 16.4. The summed E-state index contributed by atoms with van der Waals surface area (Å²) < 4.78 is 28.0. The predicted molar refractivity (Wildman–Crippen MR) is 86.4 cm³/mol. The molecule has 2 aromatic heterocycles. The zero-order valence-corrected chi connectivity index (χ0v) is 13.7. The molecule has 0 bridgehead atoms. The van der Waals surface area contributed by atoms with Crippen molar-refractivity contribution in [2.24, 2.45) is 7.05 Å². The summed E-state index contributed by atoms with van der Waals surface area (Å²) >= 11 is 2.87. The lowest BCUT2D eigenvalue weighted by molar-refractivity contribution is 0.203. The Hall–Kier alpha value is -1.77. The Kier molecular flexibility index (Phi) is 4.74. The van der Waals surface area contributed by atoms with Crippen molar-refractivity contribution >= 4 is 23.1 Å². The maximum atomic E-state index is 13.2. The summed E-state index contributed by atoms with van der Waals surface area (Å²) in [6.07, 6.45) is -0.919. The molecule has 2 heterocycles. The number of halogens is 2. The van der Waals surface area contributed by atoms with Gasteiger partial charge in [-0.25, -0.2) is 8.78 Å². The molecule has 3 rings (SSSR count). The number of thiophene rings is 1. The first kappa shape index (κ1) is 16.1. The van der Waals surface area contributed by atoms with Gasteiger partial charge in [0.1, 0.15) is 0 Å². The first-order chi connectivity index (χ1) is 11.1. The summed E-state index contributed by atoms with van der Waals surface area (Å²) in [6, 6.07) is 7.29. The van der Waals surface area contributed by atoms with E-state index in [9.17, 15) is 13.9 Å². The first-order valence-corrected chi connectivity index (χ1v) is 8.62. The standard InChI is InChI=1S/C15H13F2N3OS2/c1-20-14(13-3-2-6-22-13)18-19-15(20)23-8-12(21)9-4-5-10(16)11(17)7-9/h2-7,12,21H,8H2,1H3/t12-/m1/s1. The molecule has 0 saturated carbocycles. The van der Waals surface area contributed by atoms with Crippen LogP contribution in [0.1, 0.15) is 11.7 Å². The van der Waals surface area contributed by atoms with E-state index in [1.54, 1.807) is 11.3 Å². The van der Waals surface area contributed by atoms with Gasteiger partial charge in [0, 0.05) is 12.8 Å². The van der Waals surface area contributed by atoms with Crippen molar-refractivity contribution < 1.29 is 13.9 Å². The largest absolute Gasteiger partial charge is 0.388 e. The van der Waals surface area contributed by atoms with Crippen LogP contribution in [-0.4, -0.2) is 25.6 Å². The lowest BCUT2D eigenvalue weighted by Gasteiger charge is -2.10. The minimum Gasteiger partial charge on any atom is -0.388 e. The summed E-state index contributed by atoms with van der Waals surface area (Å²) in [7, 11) is 1.85. The first-order valence-electron chi connectivity index (χ1n) is 6.75. The van der Waals surface area contributed by atoms with Gasteiger partial charge in [-0.3, -0.25) is 0 Å². The fourth-order valence-corrected chi connectivity index (χ4v) is 3.65. The van der Waals surface area contributed by atoms with E-state index in [0.29, 0.717) is 10.7 Å². The molecule has 3 aromatic rings. The lowest BCUT2D eigenvalue weighted by atomic mass is 10.1. The Morgan fingerprint density at radius 2 is 2.09 bits per heavy atom.